The molecular formula is C21H27NO7. The van der Waals surface area contributed by atoms with Gasteiger partial charge >= 0.3 is 5.63 Å². The third-order valence-corrected chi connectivity index (χ3v) is 5.21. The van der Waals surface area contributed by atoms with Crippen LogP contribution >= 0.6 is 0 Å². The Morgan fingerprint density at radius 2 is 2.07 bits per heavy atom. The van der Waals surface area contributed by atoms with E-state index >= 15 is 0 Å². The Hall–Kier alpha value is -2.58. The number of nitrogens with one attached hydrogen (secondary N) is 1. The van der Waals surface area contributed by atoms with Crippen LogP contribution in [0.15, 0.2) is 15.3 Å². The monoisotopic (exact) mass is 405 g/mol. The summed E-state index contributed by atoms with van der Waals surface area (Å²) in [5.74, 6) is 0.515. The molecule has 1 aliphatic rings. The van der Waals surface area contributed by atoms with Gasteiger partial charge in [-0.1, -0.05) is 0 Å². The molecule has 0 aliphatic carbocycles. The van der Waals surface area contributed by atoms with Crippen molar-refractivity contribution in [1.29, 1.82) is 0 Å². The van der Waals surface area contributed by atoms with E-state index in [0.29, 0.717) is 34.5 Å². The molecule has 3 rings (SSSR count). The molecule has 1 aromatic heterocycles. The zero-order chi connectivity index (χ0) is 21.3. The number of aliphatic hydroxyl groups excluding tert-OH is 2. The SMILES string of the molecule is Cc1c(C)c2c(OCC(=O)NC[C@@H](O)CO)cc3c(c2oc1=O)CCC(C)(C)O3. The van der Waals surface area contributed by atoms with E-state index in [9.17, 15) is 14.7 Å². The summed E-state index contributed by atoms with van der Waals surface area (Å²) in [6.07, 6.45) is 0.448. The highest BCUT2D eigenvalue weighted by molar-refractivity contribution is 5.92. The summed E-state index contributed by atoms with van der Waals surface area (Å²) in [5, 5.41) is 21.3. The van der Waals surface area contributed by atoms with Gasteiger partial charge in [0.2, 0.25) is 0 Å². The minimum atomic E-state index is -1.03. The van der Waals surface area contributed by atoms with Crippen molar-refractivity contribution in [3.8, 4) is 11.5 Å². The first kappa shape index (κ1) is 21.1. The highest BCUT2D eigenvalue weighted by atomic mass is 16.5. The van der Waals surface area contributed by atoms with Crippen LogP contribution in [0.1, 0.15) is 37.0 Å². The highest BCUT2D eigenvalue weighted by Gasteiger charge is 2.31. The lowest BCUT2D eigenvalue weighted by molar-refractivity contribution is -0.123. The molecule has 0 saturated heterocycles. The van der Waals surface area contributed by atoms with Crippen molar-refractivity contribution in [2.45, 2.75) is 52.2 Å². The van der Waals surface area contributed by atoms with E-state index in [1.807, 2.05) is 20.8 Å². The molecule has 0 spiro atoms. The van der Waals surface area contributed by atoms with E-state index in [0.717, 1.165) is 17.5 Å². The lowest BCUT2D eigenvalue weighted by atomic mass is 9.92. The normalized spacial score (nSPS) is 16.1. The molecule has 1 amide bonds. The molecule has 2 heterocycles. The number of aliphatic hydroxyl groups is 2. The van der Waals surface area contributed by atoms with E-state index in [-0.39, 0.29) is 18.8 Å². The van der Waals surface area contributed by atoms with Gasteiger partial charge in [-0.3, -0.25) is 4.79 Å². The minimum Gasteiger partial charge on any atom is -0.487 e. The Labute approximate surface area is 168 Å². The molecule has 0 unspecified atom stereocenters. The highest BCUT2D eigenvalue weighted by Crippen LogP contribution is 2.43. The predicted octanol–water partition coefficient (Wildman–Crippen LogP) is 1.36. The minimum absolute atomic E-state index is 0.0755. The summed E-state index contributed by atoms with van der Waals surface area (Å²) in [7, 11) is 0. The fourth-order valence-electron chi connectivity index (χ4n) is 3.34. The van der Waals surface area contributed by atoms with E-state index in [1.54, 1.807) is 13.0 Å². The third-order valence-electron chi connectivity index (χ3n) is 5.21. The third kappa shape index (κ3) is 4.38. The van der Waals surface area contributed by atoms with Gasteiger partial charge < -0.3 is 29.4 Å². The first-order chi connectivity index (χ1) is 13.6. The van der Waals surface area contributed by atoms with Crippen molar-refractivity contribution in [2.75, 3.05) is 19.8 Å². The van der Waals surface area contributed by atoms with Crippen LogP contribution in [0.25, 0.3) is 11.0 Å². The van der Waals surface area contributed by atoms with E-state index in [2.05, 4.69) is 5.32 Å². The van der Waals surface area contributed by atoms with Crippen LogP contribution in [0.4, 0.5) is 0 Å². The molecular weight excluding hydrogens is 378 g/mol. The molecule has 1 aliphatic heterocycles. The molecule has 3 N–H and O–H groups in total. The zero-order valence-corrected chi connectivity index (χ0v) is 17.1. The number of carbonyl (C=O) groups is 1. The second-order valence-corrected chi connectivity index (χ2v) is 7.99. The molecule has 2 aromatic rings. The Bertz CT molecular complexity index is 993. The fourth-order valence-corrected chi connectivity index (χ4v) is 3.34. The maximum Gasteiger partial charge on any atom is 0.339 e. The lowest BCUT2D eigenvalue weighted by Gasteiger charge is -2.33. The van der Waals surface area contributed by atoms with Crippen LogP contribution in [0.5, 0.6) is 11.5 Å². The van der Waals surface area contributed by atoms with Crippen molar-refractivity contribution in [3.63, 3.8) is 0 Å². The van der Waals surface area contributed by atoms with Crippen LogP contribution in [0.2, 0.25) is 0 Å². The van der Waals surface area contributed by atoms with E-state index in [4.69, 9.17) is 19.0 Å². The summed E-state index contributed by atoms with van der Waals surface area (Å²) >= 11 is 0. The van der Waals surface area contributed by atoms with Gasteiger partial charge in [0.15, 0.2) is 6.61 Å². The van der Waals surface area contributed by atoms with Gasteiger partial charge in [0.25, 0.3) is 5.91 Å². The number of aryl methyl sites for hydroxylation is 2. The second-order valence-electron chi connectivity index (χ2n) is 7.99. The van der Waals surface area contributed by atoms with Crippen molar-refractivity contribution in [2.24, 2.45) is 0 Å². The van der Waals surface area contributed by atoms with Crippen LogP contribution in [0.3, 0.4) is 0 Å². The maximum atomic E-state index is 12.3. The van der Waals surface area contributed by atoms with Crippen molar-refractivity contribution >= 4 is 16.9 Å². The maximum absolute atomic E-state index is 12.3. The molecule has 0 fully saturated rings. The first-order valence-electron chi connectivity index (χ1n) is 9.60. The summed E-state index contributed by atoms with van der Waals surface area (Å²) in [4.78, 5) is 24.3. The largest absolute Gasteiger partial charge is 0.487 e. The molecule has 1 aromatic carbocycles. The molecule has 0 bridgehead atoms. The van der Waals surface area contributed by atoms with E-state index < -0.39 is 24.2 Å². The molecule has 1 atom stereocenters. The number of hydrogen-bond donors (Lipinski definition) is 3. The Balaban J connectivity index is 1.99. The molecule has 0 radical (unpaired) electrons. The Kier molecular flexibility index (Phi) is 5.86. The van der Waals surface area contributed by atoms with Crippen molar-refractivity contribution in [1.82, 2.24) is 5.32 Å². The predicted molar refractivity (Wildman–Crippen MR) is 107 cm³/mol. The topological polar surface area (TPSA) is 118 Å². The number of fused-ring (bicyclic) bond motifs is 3. The van der Waals surface area contributed by atoms with Crippen LogP contribution in [-0.2, 0) is 11.2 Å². The van der Waals surface area contributed by atoms with Crippen LogP contribution < -0.4 is 20.4 Å². The number of amides is 1. The summed E-state index contributed by atoms with van der Waals surface area (Å²) in [5.41, 5.74) is 1.69. The van der Waals surface area contributed by atoms with Gasteiger partial charge in [-0.25, -0.2) is 4.79 Å². The standard InChI is InChI=1S/C21H27NO7/c1-11-12(2)20(26)28-19-14-5-6-21(3,4)29-15(14)7-16(18(11)19)27-10-17(25)22-8-13(24)9-23/h7,13,23-24H,5-6,8-10H2,1-4H3,(H,22,25)/t13-/m1/s1. The van der Waals surface area contributed by atoms with Crippen molar-refractivity contribution in [3.05, 3.63) is 33.2 Å². The summed E-state index contributed by atoms with van der Waals surface area (Å²) in [6.45, 7) is 6.65. The molecule has 8 nitrogen and oxygen atoms in total. The fraction of sp³-hybridized carbons (Fsp3) is 0.524. The van der Waals surface area contributed by atoms with Crippen LogP contribution in [-0.4, -0.2) is 47.6 Å². The molecule has 0 saturated carbocycles. The van der Waals surface area contributed by atoms with Gasteiger partial charge in [-0.05, 0) is 46.1 Å². The van der Waals surface area contributed by atoms with Crippen LogP contribution in [0, 0.1) is 13.8 Å². The van der Waals surface area contributed by atoms with Gasteiger partial charge in [0, 0.05) is 23.7 Å². The number of hydrogen-bond acceptors (Lipinski definition) is 7. The van der Waals surface area contributed by atoms with Gasteiger partial charge in [0.1, 0.15) is 22.7 Å². The summed E-state index contributed by atoms with van der Waals surface area (Å²) in [6, 6.07) is 1.74. The lowest BCUT2D eigenvalue weighted by Crippen LogP contribution is -2.36. The average molecular weight is 405 g/mol. The number of ether oxygens (including phenoxy) is 2. The number of benzene rings is 1. The smallest absolute Gasteiger partial charge is 0.339 e. The van der Waals surface area contributed by atoms with Gasteiger partial charge in [-0.2, -0.15) is 0 Å². The number of rotatable bonds is 6. The molecule has 8 heteroatoms. The van der Waals surface area contributed by atoms with Crippen molar-refractivity contribution < 1.29 is 28.9 Å². The van der Waals surface area contributed by atoms with E-state index in [1.165, 1.54) is 0 Å². The Morgan fingerprint density at radius 1 is 1.34 bits per heavy atom. The summed E-state index contributed by atoms with van der Waals surface area (Å²) < 4.78 is 17.4. The first-order valence-corrected chi connectivity index (χ1v) is 9.60. The Morgan fingerprint density at radius 3 is 2.76 bits per heavy atom. The zero-order valence-electron chi connectivity index (χ0n) is 17.1. The average Bonchev–Trinajstić information content (AvgIpc) is 2.67. The van der Waals surface area contributed by atoms with Gasteiger partial charge in [0.05, 0.1) is 18.1 Å². The quantitative estimate of drug-likeness (QED) is 0.621. The second kappa shape index (κ2) is 8.04. The molecule has 158 valence electrons. The number of carbonyl (C=O) groups excluding carboxylic acids is 1. The molecule has 29 heavy (non-hydrogen) atoms. The van der Waals surface area contributed by atoms with Gasteiger partial charge in [-0.15, -0.1) is 0 Å².